The Kier molecular flexibility index (Phi) is 5.60. The largest absolute Gasteiger partial charge is 0.300 e. The van der Waals surface area contributed by atoms with Crippen molar-refractivity contribution in [1.82, 2.24) is 9.21 Å². The average molecular weight is 345 g/mol. The zero-order chi connectivity index (χ0) is 16.3. The second-order valence-corrected chi connectivity index (χ2v) is 8.10. The quantitative estimate of drug-likeness (QED) is 0.814. The van der Waals surface area contributed by atoms with Gasteiger partial charge in [0, 0.05) is 37.7 Å². The Morgan fingerprint density at radius 3 is 2.18 bits per heavy atom. The fraction of sp³-hybridized carbons (Fsp3) is 0.533. The van der Waals surface area contributed by atoms with Gasteiger partial charge in [0.05, 0.1) is 12.2 Å². The van der Waals surface area contributed by atoms with E-state index < -0.39 is 10.0 Å². The molecule has 1 aromatic carbocycles. The number of ketones is 1. The number of hydrogen-bond acceptors (Lipinski definition) is 4. The highest BCUT2D eigenvalue weighted by molar-refractivity contribution is 7.88. The molecule has 5 nitrogen and oxygen atoms in total. The van der Waals surface area contributed by atoms with Crippen molar-refractivity contribution in [2.45, 2.75) is 12.8 Å². The van der Waals surface area contributed by atoms with Crippen LogP contribution < -0.4 is 0 Å². The Balaban J connectivity index is 2.01. The first kappa shape index (κ1) is 17.4. The van der Waals surface area contributed by atoms with Crippen LogP contribution >= 0.6 is 11.6 Å². The molecule has 7 heteroatoms. The summed E-state index contributed by atoms with van der Waals surface area (Å²) in [5.74, 6) is -0.102. The van der Waals surface area contributed by atoms with Crippen LogP contribution in [0.25, 0.3) is 0 Å². The molecule has 0 aliphatic carbocycles. The molecule has 0 amide bonds. The van der Waals surface area contributed by atoms with Gasteiger partial charge in [-0.15, -0.1) is 0 Å². The molecule has 2 rings (SSSR count). The number of carbonyl (C=O) groups excluding carboxylic acids is 1. The van der Waals surface area contributed by atoms with Crippen LogP contribution in [0.1, 0.15) is 18.4 Å². The second-order valence-electron chi connectivity index (χ2n) is 5.68. The Labute approximate surface area is 136 Å². The zero-order valence-corrected chi connectivity index (χ0v) is 14.4. The highest BCUT2D eigenvalue weighted by Gasteiger charge is 2.26. The third-order valence-corrected chi connectivity index (χ3v) is 5.56. The van der Waals surface area contributed by atoms with Gasteiger partial charge in [0.15, 0.2) is 0 Å². The van der Waals surface area contributed by atoms with Crippen LogP contribution in [0.3, 0.4) is 0 Å². The van der Waals surface area contributed by atoms with Crippen molar-refractivity contribution >= 4 is 27.4 Å². The number of benzene rings is 1. The van der Waals surface area contributed by atoms with Gasteiger partial charge in [0.2, 0.25) is 10.0 Å². The number of halogens is 1. The Morgan fingerprint density at radius 2 is 1.73 bits per heavy atom. The second kappa shape index (κ2) is 7.08. The predicted octanol–water partition coefficient (Wildman–Crippen LogP) is 1.59. The van der Waals surface area contributed by atoms with E-state index in [1.54, 1.807) is 19.1 Å². The monoisotopic (exact) mass is 344 g/mol. The first-order valence-corrected chi connectivity index (χ1v) is 9.43. The Morgan fingerprint density at radius 1 is 1.18 bits per heavy atom. The van der Waals surface area contributed by atoms with Crippen LogP contribution in [-0.2, 0) is 14.8 Å². The maximum Gasteiger partial charge on any atom is 0.211 e. The van der Waals surface area contributed by atoms with Crippen LogP contribution in [0, 0.1) is 0 Å². The van der Waals surface area contributed by atoms with Gasteiger partial charge in [-0.25, -0.2) is 8.42 Å². The highest BCUT2D eigenvalue weighted by atomic mass is 35.5. The topological polar surface area (TPSA) is 57.7 Å². The molecule has 1 heterocycles. The van der Waals surface area contributed by atoms with Gasteiger partial charge in [0.25, 0.3) is 0 Å². The Hall–Kier alpha value is -0.950. The molecule has 0 aromatic heterocycles. The van der Waals surface area contributed by atoms with Gasteiger partial charge < -0.3 is 0 Å². The van der Waals surface area contributed by atoms with E-state index >= 15 is 0 Å². The summed E-state index contributed by atoms with van der Waals surface area (Å²) in [6, 6.07) is 7.32. The van der Waals surface area contributed by atoms with E-state index in [0.29, 0.717) is 37.7 Å². The number of nitrogens with zero attached hydrogens (tertiary/aromatic N) is 2. The molecule has 1 aliphatic heterocycles. The van der Waals surface area contributed by atoms with Crippen LogP contribution in [0.2, 0.25) is 5.02 Å². The minimum atomic E-state index is -3.13. The SMILES string of the molecule is CC(=O)[C@H](CN1CCN(S(C)(=O)=O)CC1)c1ccc(Cl)cc1. The summed E-state index contributed by atoms with van der Waals surface area (Å²) in [5.41, 5.74) is 0.947. The van der Waals surface area contributed by atoms with E-state index in [4.69, 9.17) is 11.6 Å². The summed E-state index contributed by atoms with van der Waals surface area (Å²) in [6.07, 6.45) is 1.23. The first-order valence-electron chi connectivity index (χ1n) is 7.21. The van der Waals surface area contributed by atoms with Gasteiger partial charge in [-0.3, -0.25) is 9.69 Å². The minimum Gasteiger partial charge on any atom is -0.300 e. The predicted molar refractivity (Wildman–Crippen MR) is 87.7 cm³/mol. The van der Waals surface area contributed by atoms with Gasteiger partial charge in [-0.05, 0) is 24.6 Å². The van der Waals surface area contributed by atoms with E-state index in [2.05, 4.69) is 4.90 Å². The third-order valence-electron chi connectivity index (χ3n) is 4.00. The van der Waals surface area contributed by atoms with Gasteiger partial charge in [0.1, 0.15) is 5.78 Å². The molecule has 1 saturated heterocycles. The maximum atomic E-state index is 12.0. The number of piperazine rings is 1. The normalized spacial score (nSPS) is 19.0. The molecule has 22 heavy (non-hydrogen) atoms. The smallest absolute Gasteiger partial charge is 0.211 e. The van der Waals surface area contributed by atoms with E-state index in [1.807, 2.05) is 12.1 Å². The Bertz CT molecular complexity index is 623. The molecular weight excluding hydrogens is 324 g/mol. The maximum absolute atomic E-state index is 12.0. The average Bonchev–Trinajstić information content (AvgIpc) is 2.45. The van der Waals surface area contributed by atoms with Crippen LogP contribution in [-0.4, -0.2) is 62.4 Å². The standard InChI is InChI=1S/C15H21ClN2O3S/c1-12(19)15(13-3-5-14(16)6-4-13)11-17-7-9-18(10-8-17)22(2,20)21/h3-6,15H,7-11H2,1-2H3/t15-/m0/s1. The molecule has 0 bridgehead atoms. The molecule has 0 radical (unpaired) electrons. The van der Waals surface area contributed by atoms with Crippen molar-refractivity contribution in [2.24, 2.45) is 0 Å². The number of carbonyl (C=O) groups is 1. The van der Waals surface area contributed by atoms with Crippen LogP contribution in [0.5, 0.6) is 0 Å². The number of hydrogen-bond donors (Lipinski definition) is 0. The lowest BCUT2D eigenvalue weighted by Crippen LogP contribution is -2.49. The number of sulfonamides is 1. The fourth-order valence-corrected chi connectivity index (χ4v) is 3.62. The van der Waals surface area contributed by atoms with Crippen molar-refractivity contribution in [3.8, 4) is 0 Å². The zero-order valence-electron chi connectivity index (χ0n) is 12.8. The molecule has 122 valence electrons. The summed E-state index contributed by atoms with van der Waals surface area (Å²) in [6.45, 7) is 4.43. The molecule has 0 N–H and O–H groups in total. The lowest BCUT2D eigenvalue weighted by atomic mass is 9.94. The van der Waals surface area contributed by atoms with E-state index in [-0.39, 0.29) is 11.7 Å². The molecule has 1 aromatic rings. The summed E-state index contributed by atoms with van der Waals surface area (Å²) in [7, 11) is -3.13. The summed E-state index contributed by atoms with van der Waals surface area (Å²) < 4.78 is 24.5. The van der Waals surface area contributed by atoms with E-state index in [9.17, 15) is 13.2 Å². The van der Waals surface area contributed by atoms with Gasteiger partial charge >= 0.3 is 0 Å². The van der Waals surface area contributed by atoms with Crippen molar-refractivity contribution in [3.63, 3.8) is 0 Å². The summed E-state index contributed by atoms with van der Waals surface area (Å²) in [5, 5.41) is 0.646. The number of rotatable bonds is 5. The van der Waals surface area contributed by atoms with Gasteiger partial charge in [-0.2, -0.15) is 4.31 Å². The number of Topliss-reactive ketones (excluding diaryl/α,β-unsaturated/α-hetero) is 1. The lowest BCUT2D eigenvalue weighted by Gasteiger charge is -2.34. The molecule has 1 atom stereocenters. The van der Waals surface area contributed by atoms with E-state index in [1.165, 1.54) is 10.6 Å². The molecule has 1 fully saturated rings. The lowest BCUT2D eigenvalue weighted by molar-refractivity contribution is -0.118. The van der Waals surface area contributed by atoms with Crippen molar-refractivity contribution in [3.05, 3.63) is 34.9 Å². The van der Waals surface area contributed by atoms with Crippen LogP contribution in [0.4, 0.5) is 0 Å². The highest BCUT2D eigenvalue weighted by Crippen LogP contribution is 2.21. The van der Waals surface area contributed by atoms with Crippen LogP contribution in [0.15, 0.2) is 24.3 Å². The van der Waals surface area contributed by atoms with E-state index in [0.717, 1.165) is 5.56 Å². The molecule has 0 spiro atoms. The molecule has 0 unspecified atom stereocenters. The summed E-state index contributed by atoms with van der Waals surface area (Å²) >= 11 is 5.89. The minimum absolute atomic E-state index is 0.105. The van der Waals surface area contributed by atoms with Crippen molar-refractivity contribution in [2.75, 3.05) is 39.0 Å². The fourth-order valence-electron chi connectivity index (χ4n) is 2.67. The summed E-state index contributed by atoms with van der Waals surface area (Å²) in [4.78, 5) is 14.1. The van der Waals surface area contributed by atoms with Crippen molar-refractivity contribution in [1.29, 1.82) is 0 Å². The molecule has 1 aliphatic rings. The molecular formula is C15H21ClN2O3S. The van der Waals surface area contributed by atoms with Gasteiger partial charge in [-0.1, -0.05) is 23.7 Å². The first-order chi connectivity index (χ1) is 10.3. The third kappa shape index (κ3) is 4.52. The van der Waals surface area contributed by atoms with Crippen molar-refractivity contribution < 1.29 is 13.2 Å². The molecule has 0 saturated carbocycles.